The Labute approximate surface area is 98.6 Å². The molecule has 0 bridgehead atoms. The van der Waals surface area contributed by atoms with Gasteiger partial charge in [-0.3, -0.25) is 0 Å². The van der Waals surface area contributed by atoms with Gasteiger partial charge in [0.05, 0.1) is 24.3 Å². The Morgan fingerprint density at radius 1 is 1.50 bits per heavy atom. The van der Waals surface area contributed by atoms with Gasteiger partial charge >= 0.3 is 0 Å². The van der Waals surface area contributed by atoms with E-state index in [2.05, 4.69) is 6.07 Å². The molecular weight excluding hydrogens is 229 g/mol. The number of nitriles is 1. The van der Waals surface area contributed by atoms with Gasteiger partial charge in [-0.25, -0.2) is 4.39 Å². The van der Waals surface area contributed by atoms with E-state index in [0.717, 1.165) is 12.0 Å². The van der Waals surface area contributed by atoms with Gasteiger partial charge in [0.1, 0.15) is 5.82 Å². The molecule has 2 rings (SSSR count). The van der Waals surface area contributed by atoms with Gasteiger partial charge in [-0.05, 0) is 24.1 Å². The van der Waals surface area contributed by atoms with Crippen molar-refractivity contribution in [1.82, 2.24) is 0 Å². The molecule has 1 saturated heterocycles. The Morgan fingerprint density at radius 2 is 2.25 bits per heavy atom. The molecule has 0 spiro atoms. The van der Waals surface area contributed by atoms with Crippen molar-refractivity contribution >= 4 is 11.6 Å². The van der Waals surface area contributed by atoms with Gasteiger partial charge < -0.3 is 4.74 Å². The third kappa shape index (κ3) is 1.91. The molecule has 1 aliphatic rings. The van der Waals surface area contributed by atoms with Crippen LogP contribution in [0.5, 0.6) is 0 Å². The minimum atomic E-state index is -0.416. The highest BCUT2D eigenvalue weighted by molar-refractivity contribution is 6.30. The van der Waals surface area contributed by atoms with Crippen LogP contribution in [0.2, 0.25) is 5.02 Å². The minimum Gasteiger partial charge on any atom is -0.379 e. The number of benzene rings is 1. The molecule has 1 aromatic rings. The molecule has 0 unspecified atom stereocenters. The Bertz CT molecular complexity index is 437. The summed E-state index contributed by atoms with van der Waals surface area (Å²) in [5.41, 5.74) is 0.813. The molecule has 0 amide bonds. The molecule has 2 nitrogen and oxygen atoms in total. The van der Waals surface area contributed by atoms with Gasteiger partial charge in [0.15, 0.2) is 0 Å². The molecule has 1 aliphatic heterocycles. The van der Waals surface area contributed by atoms with E-state index in [1.165, 1.54) is 6.07 Å². The molecule has 16 heavy (non-hydrogen) atoms. The Morgan fingerprint density at radius 3 is 2.75 bits per heavy atom. The number of rotatable bonds is 3. The van der Waals surface area contributed by atoms with Crippen LogP contribution in [-0.4, -0.2) is 13.2 Å². The molecule has 0 saturated carbocycles. The lowest BCUT2D eigenvalue weighted by Crippen LogP contribution is -2.46. The molecule has 1 heterocycles. The van der Waals surface area contributed by atoms with Crippen LogP contribution >= 0.6 is 11.6 Å². The summed E-state index contributed by atoms with van der Waals surface area (Å²) in [5, 5.41) is 8.74. The van der Waals surface area contributed by atoms with Crippen molar-refractivity contribution < 1.29 is 9.13 Å². The van der Waals surface area contributed by atoms with E-state index >= 15 is 0 Å². The molecule has 0 radical (unpaired) electrons. The average molecular weight is 240 g/mol. The van der Waals surface area contributed by atoms with Crippen LogP contribution < -0.4 is 0 Å². The summed E-state index contributed by atoms with van der Waals surface area (Å²) in [5.74, 6) is -0.416. The van der Waals surface area contributed by atoms with Crippen LogP contribution in [0.25, 0.3) is 0 Å². The monoisotopic (exact) mass is 239 g/mol. The fourth-order valence-electron chi connectivity index (χ4n) is 1.92. The average Bonchev–Trinajstić information content (AvgIpc) is 2.22. The van der Waals surface area contributed by atoms with Crippen LogP contribution in [0.4, 0.5) is 4.39 Å². The SMILES string of the molecule is N#CCCC1(c2ccc(F)c(Cl)c2)COC1. The lowest BCUT2D eigenvalue weighted by Gasteiger charge is -2.41. The van der Waals surface area contributed by atoms with Gasteiger partial charge in [-0.2, -0.15) is 5.26 Å². The normalized spacial score (nSPS) is 17.6. The van der Waals surface area contributed by atoms with E-state index in [4.69, 9.17) is 21.6 Å². The molecular formula is C12H11ClFNO. The Kier molecular flexibility index (Phi) is 3.13. The number of hydrogen-bond acceptors (Lipinski definition) is 2. The topological polar surface area (TPSA) is 33.0 Å². The third-order valence-corrected chi connectivity index (χ3v) is 3.29. The standard InChI is InChI=1S/C12H11ClFNO/c13-10-6-9(2-3-11(10)14)12(4-1-5-15)7-16-8-12/h2-3,6H,1,4,7-8H2. The molecule has 4 heteroatoms. The number of ether oxygens (including phenoxy) is 1. The maximum atomic E-state index is 13.0. The number of hydrogen-bond donors (Lipinski definition) is 0. The smallest absolute Gasteiger partial charge is 0.141 e. The second-order valence-corrected chi connectivity index (χ2v) is 4.47. The summed E-state index contributed by atoms with van der Waals surface area (Å²) in [6.45, 7) is 1.16. The molecule has 0 atom stereocenters. The van der Waals surface area contributed by atoms with E-state index in [1.807, 2.05) is 0 Å². The highest BCUT2D eigenvalue weighted by Crippen LogP contribution is 2.38. The maximum absolute atomic E-state index is 13.0. The van der Waals surface area contributed by atoms with E-state index in [0.29, 0.717) is 19.6 Å². The predicted octanol–water partition coefficient (Wildman–Crippen LogP) is 3.05. The fraction of sp³-hybridized carbons (Fsp3) is 0.417. The first kappa shape index (κ1) is 11.4. The van der Waals surface area contributed by atoms with Gasteiger partial charge in [0.2, 0.25) is 0 Å². The quantitative estimate of drug-likeness (QED) is 0.812. The van der Waals surface area contributed by atoms with Crippen molar-refractivity contribution in [3.63, 3.8) is 0 Å². The number of nitrogens with zero attached hydrogens (tertiary/aromatic N) is 1. The van der Waals surface area contributed by atoms with Gasteiger partial charge in [0, 0.05) is 11.8 Å². The van der Waals surface area contributed by atoms with Crippen molar-refractivity contribution in [3.05, 3.63) is 34.6 Å². The number of halogens is 2. The zero-order chi connectivity index (χ0) is 11.6. The van der Waals surface area contributed by atoms with Crippen molar-refractivity contribution in [2.24, 2.45) is 0 Å². The summed E-state index contributed by atoms with van der Waals surface area (Å²) < 4.78 is 18.3. The second kappa shape index (κ2) is 4.40. The zero-order valence-corrected chi connectivity index (χ0v) is 9.43. The lowest BCUT2D eigenvalue weighted by molar-refractivity contribution is -0.0637. The van der Waals surface area contributed by atoms with E-state index in [9.17, 15) is 4.39 Å². The van der Waals surface area contributed by atoms with Gasteiger partial charge in [-0.15, -0.1) is 0 Å². The summed E-state index contributed by atoms with van der Waals surface area (Å²) in [7, 11) is 0. The molecule has 0 aromatic heterocycles. The summed E-state index contributed by atoms with van der Waals surface area (Å²) in [6, 6.07) is 6.85. The van der Waals surface area contributed by atoms with Crippen molar-refractivity contribution in [2.45, 2.75) is 18.3 Å². The molecule has 1 aromatic carbocycles. The van der Waals surface area contributed by atoms with E-state index in [1.54, 1.807) is 12.1 Å². The maximum Gasteiger partial charge on any atom is 0.141 e. The van der Waals surface area contributed by atoms with Crippen molar-refractivity contribution in [1.29, 1.82) is 5.26 Å². The van der Waals surface area contributed by atoms with Crippen molar-refractivity contribution in [3.8, 4) is 6.07 Å². The van der Waals surface area contributed by atoms with Crippen molar-refractivity contribution in [2.75, 3.05) is 13.2 Å². The first-order valence-corrected chi connectivity index (χ1v) is 5.46. The second-order valence-electron chi connectivity index (χ2n) is 4.06. The summed E-state index contributed by atoms with van der Waals surface area (Å²) >= 11 is 5.75. The van der Waals surface area contributed by atoms with E-state index in [-0.39, 0.29) is 10.4 Å². The van der Waals surface area contributed by atoms with Crippen LogP contribution in [0.3, 0.4) is 0 Å². The molecule has 0 aliphatic carbocycles. The first-order valence-electron chi connectivity index (χ1n) is 5.08. The van der Waals surface area contributed by atoms with Crippen LogP contribution in [-0.2, 0) is 10.2 Å². The van der Waals surface area contributed by atoms with Crippen LogP contribution in [0.1, 0.15) is 18.4 Å². The third-order valence-electron chi connectivity index (χ3n) is 3.00. The van der Waals surface area contributed by atoms with Gasteiger partial charge in [0.25, 0.3) is 0 Å². The summed E-state index contributed by atoms with van der Waals surface area (Å²) in [6.07, 6.45) is 1.20. The Hall–Kier alpha value is -1.11. The fourth-order valence-corrected chi connectivity index (χ4v) is 2.11. The summed E-state index contributed by atoms with van der Waals surface area (Å²) in [4.78, 5) is 0. The first-order chi connectivity index (χ1) is 7.68. The predicted molar refractivity (Wildman–Crippen MR) is 58.8 cm³/mol. The molecule has 1 fully saturated rings. The Balaban J connectivity index is 2.26. The molecule has 84 valence electrons. The van der Waals surface area contributed by atoms with Gasteiger partial charge in [-0.1, -0.05) is 17.7 Å². The van der Waals surface area contributed by atoms with Crippen LogP contribution in [0.15, 0.2) is 18.2 Å². The van der Waals surface area contributed by atoms with E-state index < -0.39 is 5.82 Å². The molecule has 0 N–H and O–H groups in total. The van der Waals surface area contributed by atoms with Crippen LogP contribution in [0, 0.1) is 17.1 Å². The highest BCUT2D eigenvalue weighted by atomic mass is 35.5. The zero-order valence-electron chi connectivity index (χ0n) is 8.67. The minimum absolute atomic E-state index is 0.126. The lowest BCUT2D eigenvalue weighted by atomic mass is 9.75. The highest BCUT2D eigenvalue weighted by Gasteiger charge is 2.40. The largest absolute Gasteiger partial charge is 0.379 e.